The molecule has 2 heteroatoms. The van der Waals surface area contributed by atoms with Crippen LogP contribution in [0.25, 0.3) is 0 Å². The Kier molecular flexibility index (Phi) is 6.26. The van der Waals surface area contributed by atoms with Crippen molar-refractivity contribution in [1.82, 2.24) is 4.90 Å². The molecular weight excluding hydrogens is 184 g/mol. The Morgan fingerprint density at radius 1 is 1.27 bits per heavy atom. The topological polar surface area (TPSA) is 29.3 Å². The Balaban J connectivity index is 2.23. The zero-order valence-electron chi connectivity index (χ0n) is 10.5. The number of hydrogen-bond donors (Lipinski definition) is 1. The van der Waals surface area contributed by atoms with Crippen LogP contribution in [0.5, 0.6) is 0 Å². The van der Waals surface area contributed by atoms with Crippen LogP contribution in [0.15, 0.2) is 0 Å². The highest BCUT2D eigenvalue weighted by Crippen LogP contribution is 2.27. The summed E-state index contributed by atoms with van der Waals surface area (Å²) < 4.78 is 0. The van der Waals surface area contributed by atoms with Gasteiger partial charge in [0, 0.05) is 12.6 Å². The van der Waals surface area contributed by atoms with Gasteiger partial charge in [-0.3, -0.25) is 0 Å². The van der Waals surface area contributed by atoms with Crippen molar-refractivity contribution in [3.63, 3.8) is 0 Å². The molecule has 0 amide bonds. The highest BCUT2D eigenvalue weighted by Gasteiger charge is 2.23. The molecule has 0 heterocycles. The highest BCUT2D eigenvalue weighted by atomic mass is 15.1. The lowest BCUT2D eigenvalue weighted by atomic mass is 9.98. The normalized spacial score (nSPS) is 20.0. The predicted molar refractivity (Wildman–Crippen MR) is 67.0 cm³/mol. The molecule has 2 nitrogen and oxygen atoms in total. The van der Waals surface area contributed by atoms with Crippen molar-refractivity contribution in [2.45, 2.75) is 58.4 Å². The van der Waals surface area contributed by atoms with E-state index in [-0.39, 0.29) is 0 Å². The molecule has 90 valence electrons. The molecule has 0 aromatic heterocycles. The van der Waals surface area contributed by atoms with Crippen molar-refractivity contribution in [3.05, 3.63) is 0 Å². The molecule has 1 unspecified atom stereocenters. The van der Waals surface area contributed by atoms with E-state index in [0.717, 1.165) is 19.0 Å². The van der Waals surface area contributed by atoms with Crippen LogP contribution in [-0.2, 0) is 0 Å². The predicted octanol–water partition coefficient (Wildman–Crippen LogP) is 2.63. The van der Waals surface area contributed by atoms with Gasteiger partial charge < -0.3 is 10.6 Å². The number of hydrogen-bond acceptors (Lipinski definition) is 2. The van der Waals surface area contributed by atoms with E-state index in [2.05, 4.69) is 18.7 Å². The van der Waals surface area contributed by atoms with Crippen LogP contribution in [0, 0.1) is 5.92 Å². The monoisotopic (exact) mass is 212 g/mol. The van der Waals surface area contributed by atoms with Crippen molar-refractivity contribution >= 4 is 0 Å². The van der Waals surface area contributed by atoms with Crippen molar-refractivity contribution in [2.75, 3.05) is 19.6 Å². The summed E-state index contributed by atoms with van der Waals surface area (Å²) in [6.07, 6.45) is 8.14. The summed E-state index contributed by atoms with van der Waals surface area (Å²) in [6, 6.07) is 0.421. The molecule has 0 aliphatic heterocycles. The van der Waals surface area contributed by atoms with E-state index in [1.165, 1.54) is 45.1 Å². The van der Waals surface area contributed by atoms with E-state index in [1.807, 2.05) is 0 Å². The Hall–Kier alpha value is -0.0800. The zero-order valence-corrected chi connectivity index (χ0v) is 10.5. The van der Waals surface area contributed by atoms with Gasteiger partial charge in [-0.15, -0.1) is 0 Å². The first-order valence-corrected chi connectivity index (χ1v) is 6.75. The lowest BCUT2D eigenvalue weighted by molar-refractivity contribution is 0.236. The average Bonchev–Trinajstić information content (AvgIpc) is 2.77. The standard InChI is InChI=1S/C13H28N2/c1-3-5-10-15(4-2)11-13(14)12-8-6-7-9-12/h12-13H,3-11,14H2,1-2H3. The van der Waals surface area contributed by atoms with Gasteiger partial charge in [-0.1, -0.05) is 33.1 Å². The molecule has 0 radical (unpaired) electrons. The molecule has 1 saturated carbocycles. The summed E-state index contributed by atoms with van der Waals surface area (Å²) in [4.78, 5) is 2.52. The number of rotatable bonds is 7. The maximum absolute atomic E-state index is 6.29. The fourth-order valence-electron chi connectivity index (χ4n) is 2.59. The molecule has 0 bridgehead atoms. The van der Waals surface area contributed by atoms with E-state index in [1.54, 1.807) is 0 Å². The van der Waals surface area contributed by atoms with Crippen LogP contribution in [0.2, 0.25) is 0 Å². The lowest BCUT2D eigenvalue weighted by Gasteiger charge is -2.27. The minimum Gasteiger partial charge on any atom is -0.326 e. The Morgan fingerprint density at radius 3 is 2.47 bits per heavy atom. The molecule has 0 aromatic carbocycles. The first kappa shape index (κ1) is 13.0. The van der Waals surface area contributed by atoms with Gasteiger partial charge >= 0.3 is 0 Å². The molecule has 15 heavy (non-hydrogen) atoms. The fraction of sp³-hybridized carbons (Fsp3) is 1.00. The van der Waals surface area contributed by atoms with Crippen molar-refractivity contribution < 1.29 is 0 Å². The van der Waals surface area contributed by atoms with E-state index < -0.39 is 0 Å². The average molecular weight is 212 g/mol. The largest absolute Gasteiger partial charge is 0.326 e. The molecule has 1 fully saturated rings. The van der Waals surface area contributed by atoms with E-state index >= 15 is 0 Å². The molecule has 1 aliphatic rings. The van der Waals surface area contributed by atoms with Crippen LogP contribution >= 0.6 is 0 Å². The minimum atomic E-state index is 0.421. The maximum Gasteiger partial charge on any atom is 0.0196 e. The van der Waals surface area contributed by atoms with E-state index in [4.69, 9.17) is 5.73 Å². The smallest absolute Gasteiger partial charge is 0.0196 e. The third-order valence-electron chi connectivity index (χ3n) is 3.75. The SMILES string of the molecule is CCCCN(CC)CC(N)C1CCCC1. The molecule has 1 atom stereocenters. The van der Waals surface area contributed by atoms with Crippen molar-refractivity contribution in [1.29, 1.82) is 0 Å². The summed E-state index contributed by atoms with van der Waals surface area (Å²) in [5, 5.41) is 0. The van der Waals surface area contributed by atoms with Crippen LogP contribution in [0.1, 0.15) is 52.4 Å². The number of nitrogens with two attached hydrogens (primary N) is 1. The van der Waals surface area contributed by atoms with E-state index in [9.17, 15) is 0 Å². The molecule has 1 aliphatic carbocycles. The summed E-state index contributed by atoms with van der Waals surface area (Å²) >= 11 is 0. The van der Waals surface area contributed by atoms with Crippen LogP contribution in [0.3, 0.4) is 0 Å². The number of unbranched alkanes of at least 4 members (excludes halogenated alkanes) is 1. The molecule has 2 N–H and O–H groups in total. The molecule has 0 aromatic rings. The summed E-state index contributed by atoms with van der Waals surface area (Å²) in [7, 11) is 0. The Bertz CT molecular complexity index is 153. The summed E-state index contributed by atoms with van der Waals surface area (Å²) in [5.74, 6) is 0.806. The molecule has 0 spiro atoms. The van der Waals surface area contributed by atoms with Crippen LogP contribution < -0.4 is 5.73 Å². The van der Waals surface area contributed by atoms with E-state index in [0.29, 0.717) is 6.04 Å². The Labute approximate surface area is 95.2 Å². The van der Waals surface area contributed by atoms with Gasteiger partial charge in [0.15, 0.2) is 0 Å². The second-order valence-corrected chi connectivity index (χ2v) is 4.96. The fourth-order valence-corrected chi connectivity index (χ4v) is 2.59. The van der Waals surface area contributed by atoms with Gasteiger partial charge in [0.25, 0.3) is 0 Å². The van der Waals surface area contributed by atoms with Gasteiger partial charge in [0.1, 0.15) is 0 Å². The first-order chi connectivity index (χ1) is 7.27. The first-order valence-electron chi connectivity index (χ1n) is 6.75. The Morgan fingerprint density at radius 2 is 1.93 bits per heavy atom. The second kappa shape index (κ2) is 7.24. The summed E-state index contributed by atoms with van der Waals surface area (Å²) in [5.41, 5.74) is 6.29. The quantitative estimate of drug-likeness (QED) is 0.703. The minimum absolute atomic E-state index is 0.421. The third-order valence-corrected chi connectivity index (χ3v) is 3.75. The van der Waals surface area contributed by atoms with Gasteiger partial charge in [-0.05, 0) is 38.3 Å². The number of likely N-dealkylation sites (N-methyl/N-ethyl adjacent to an activating group) is 1. The third kappa shape index (κ3) is 4.52. The van der Waals surface area contributed by atoms with Crippen molar-refractivity contribution in [3.8, 4) is 0 Å². The summed E-state index contributed by atoms with van der Waals surface area (Å²) in [6.45, 7) is 8.00. The lowest BCUT2D eigenvalue weighted by Crippen LogP contribution is -2.41. The van der Waals surface area contributed by atoms with Gasteiger partial charge in [-0.2, -0.15) is 0 Å². The number of nitrogens with zero attached hydrogens (tertiary/aromatic N) is 1. The zero-order chi connectivity index (χ0) is 11.1. The molecule has 0 saturated heterocycles. The van der Waals surface area contributed by atoms with Gasteiger partial charge in [0.2, 0.25) is 0 Å². The van der Waals surface area contributed by atoms with Gasteiger partial charge in [0.05, 0.1) is 0 Å². The molecule has 1 rings (SSSR count). The molecular formula is C13H28N2. The van der Waals surface area contributed by atoms with Crippen LogP contribution in [-0.4, -0.2) is 30.6 Å². The second-order valence-electron chi connectivity index (χ2n) is 4.96. The maximum atomic E-state index is 6.29. The highest BCUT2D eigenvalue weighted by molar-refractivity contribution is 4.80. The van der Waals surface area contributed by atoms with Crippen LogP contribution in [0.4, 0.5) is 0 Å². The van der Waals surface area contributed by atoms with Crippen molar-refractivity contribution in [2.24, 2.45) is 11.7 Å². The van der Waals surface area contributed by atoms with Gasteiger partial charge in [-0.25, -0.2) is 0 Å².